The van der Waals surface area contributed by atoms with Crippen LogP contribution in [0.2, 0.25) is 10.0 Å². The number of carbonyl (C=O) groups excluding carboxylic acids is 2. The zero-order valence-corrected chi connectivity index (χ0v) is 22.8. The quantitative estimate of drug-likeness (QED) is 0.381. The number of aromatic hydroxyl groups is 1. The summed E-state index contributed by atoms with van der Waals surface area (Å²) in [6, 6.07) is 12.5. The number of benzene rings is 2. The molecule has 0 aromatic heterocycles. The number of likely N-dealkylation sites (tertiary alicyclic amines) is 1. The van der Waals surface area contributed by atoms with Gasteiger partial charge in [-0.05, 0) is 54.8 Å². The minimum atomic E-state index is -0.369. The third kappa shape index (κ3) is 5.97. The number of halogens is 2. The van der Waals surface area contributed by atoms with Gasteiger partial charge in [-0.1, -0.05) is 47.5 Å². The first-order chi connectivity index (χ1) is 17.6. The van der Waals surface area contributed by atoms with Crippen LogP contribution >= 0.6 is 23.2 Å². The molecule has 37 heavy (non-hydrogen) atoms. The van der Waals surface area contributed by atoms with Crippen molar-refractivity contribution in [1.82, 2.24) is 9.80 Å². The zero-order chi connectivity index (χ0) is 26.7. The molecule has 1 aliphatic heterocycles. The van der Waals surface area contributed by atoms with Crippen molar-refractivity contribution < 1.29 is 19.4 Å². The van der Waals surface area contributed by atoms with Crippen LogP contribution < -0.4 is 0 Å². The molecule has 4 rings (SSSR count). The highest BCUT2D eigenvalue weighted by Crippen LogP contribution is 2.51. The molecule has 1 N–H and O–H groups in total. The number of phenolic OH excluding ortho intramolecular Hbond substituents is 1. The molecule has 8 heteroatoms. The molecule has 0 bridgehead atoms. The molecule has 2 aromatic rings. The lowest BCUT2D eigenvalue weighted by molar-refractivity contribution is -0.160. The van der Waals surface area contributed by atoms with Crippen molar-refractivity contribution in [3.05, 3.63) is 76.3 Å². The highest BCUT2D eigenvalue weighted by molar-refractivity contribution is 6.42. The summed E-state index contributed by atoms with van der Waals surface area (Å²) in [5.74, 6) is -0.157. The van der Waals surface area contributed by atoms with E-state index in [2.05, 4.69) is 11.5 Å². The Balaban J connectivity index is 1.67. The Labute approximate surface area is 228 Å². The summed E-state index contributed by atoms with van der Waals surface area (Å²) >= 11 is 12.2. The van der Waals surface area contributed by atoms with Gasteiger partial charge in [0.25, 0.3) is 0 Å². The van der Waals surface area contributed by atoms with E-state index in [0.717, 1.165) is 37.2 Å². The van der Waals surface area contributed by atoms with E-state index in [0.29, 0.717) is 22.9 Å². The van der Waals surface area contributed by atoms with Crippen LogP contribution in [0.5, 0.6) is 5.75 Å². The van der Waals surface area contributed by atoms with Crippen LogP contribution in [0.3, 0.4) is 0 Å². The number of phenols is 1. The van der Waals surface area contributed by atoms with E-state index in [-0.39, 0.29) is 47.5 Å². The molecule has 1 aliphatic carbocycles. The number of piperidine rings is 1. The number of esters is 1. The first-order valence-corrected chi connectivity index (χ1v) is 13.4. The van der Waals surface area contributed by atoms with Crippen molar-refractivity contribution in [2.24, 2.45) is 5.92 Å². The van der Waals surface area contributed by atoms with Crippen molar-refractivity contribution >= 4 is 35.1 Å². The maximum absolute atomic E-state index is 13.4. The molecule has 0 spiro atoms. The van der Waals surface area contributed by atoms with Gasteiger partial charge in [0.15, 0.2) is 0 Å². The maximum atomic E-state index is 13.4. The second-order valence-electron chi connectivity index (χ2n) is 10.3. The van der Waals surface area contributed by atoms with Gasteiger partial charge in [0.2, 0.25) is 5.91 Å². The first-order valence-electron chi connectivity index (χ1n) is 12.6. The van der Waals surface area contributed by atoms with E-state index < -0.39 is 0 Å². The topological polar surface area (TPSA) is 70.1 Å². The summed E-state index contributed by atoms with van der Waals surface area (Å²) in [6.07, 6.45) is 3.80. The second kappa shape index (κ2) is 11.5. The van der Waals surface area contributed by atoms with Gasteiger partial charge in [0.05, 0.1) is 16.5 Å². The van der Waals surface area contributed by atoms with Gasteiger partial charge < -0.3 is 14.7 Å². The summed E-state index contributed by atoms with van der Waals surface area (Å²) in [5, 5.41) is 11.2. The zero-order valence-electron chi connectivity index (χ0n) is 21.3. The highest BCUT2D eigenvalue weighted by atomic mass is 35.5. The first kappa shape index (κ1) is 27.5. The maximum Gasteiger partial charge on any atom is 0.302 e. The van der Waals surface area contributed by atoms with Crippen LogP contribution in [-0.2, 0) is 26.2 Å². The molecular weight excluding hydrogens is 511 g/mol. The third-order valence-electron chi connectivity index (χ3n) is 8.00. The Morgan fingerprint density at radius 1 is 1.24 bits per heavy atom. The monoisotopic (exact) mass is 544 g/mol. The number of hydrogen-bond acceptors (Lipinski definition) is 5. The van der Waals surface area contributed by atoms with Gasteiger partial charge in [-0.3, -0.25) is 14.5 Å². The van der Waals surface area contributed by atoms with Crippen molar-refractivity contribution in [3.8, 4) is 5.75 Å². The van der Waals surface area contributed by atoms with Crippen LogP contribution in [0.25, 0.3) is 0 Å². The lowest BCUT2D eigenvalue weighted by Gasteiger charge is -2.56. The average Bonchev–Trinajstić information content (AvgIpc) is 2.86. The van der Waals surface area contributed by atoms with E-state index in [1.165, 1.54) is 6.92 Å². The van der Waals surface area contributed by atoms with Gasteiger partial charge in [-0.15, -0.1) is 6.58 Å². The van der Waals surface area contributed by atoms with E-state index >= 15 is 0 Å². The van der Waals surface area contributed by atoms with Crippen LogP contribution in [0.1, 0.15) is 37.3 Å². The molecule has 1 unspecified atom stereocenters. The Morgan fingerprint density at radius 3 is 2.70 bits per heavy atom. The minimum Gasteiger partial charge on any atom is -0.508 e. The number of carbonyl (C=O) groups is 2. The molecule has 1 heterocycles. The van der Waals surface area contributed by atoms with Crippen molar-refractivity contribution in [1.29, 1.82) is 0 Å². The molecule has 0 radical (unpaired) electrons. The minimum absolute atomic E-state index is 0.0155. The number of fused-ring (bicyclic) bond motifs is 1. The molecule has 2 fully saturated rings. The molecule has 2 aromatic carbocycles. The molecule has 2 aliphatic rings. The van der Waals surface area contributed by atoms with E-state index in [4.69, 9.17) is 27.9 Å². The normalized spacial score (nSPS) is 25.7. The van der Waals surface area contributed by atoms with Gasteiger partial charge >= 0.3 is 5.97 Å². The Morgan fingerprint density at radius 2 is 2.03 bits per heavy atom. The predicted octanol–water partition coefficient (Wildman–Crippen LogP) is 5.24. The SMILES string of the molecule is C=CCN1CC[C@@]2(c3cccc(O)c3)C[C@@H](N(C)C(=O)Cc3ccc(Cl)c(Cl)c3)CC(OC(C)=O)[C@@H]2C1. The second-order valence-corrected chi connectivity index (χ2v) is 11.1. The van der Waals surface area contributed by atoms with Crippen LogP contribution in [0.4, 0.5) is 0 Å². The number of hydrogen-bond donors (Lipinski definition) is 1. The van der Waals surface area contributed by atoms with Crippen molar-refractivity contribution in [2.75, 3.05) is 26.7 Å². The number of likely N-dealkylation sites (N-methyl/N-ethyl adjacent to an activating group) is 1. The van der Waals surface area contributed by atoms with Crippen LogP contribution in [-0.4, -0.2) is 65.6 Å². The number of ether oxygens (including phenoxy) is 1. The summed E-state index contributed by atoms with van der Waals surface area (Å²) in [7, 11) is 1.82. The van der Waals surface area contributed by atoms with Crippen molar-refractivity contribution in [3.63, 3.8) is 0 Å². The van der Waals surface area contributed by atoms with E-state index in [1.54, 1.807) is 23.1 Å². The number of rotatable bonds is 7. The fourth-order valence-corrected chi connectivity index (χ4v) is 6.50. The average molecular weight is 546 g/mol. The summed E-state index contributed by atoms with van der Waals surface area (Å²) in [6.45, 7) is 7.67. The smallest absolute Gasteiger partial charge is 0.302 e. The fraction of sp³-hybridized carbons (Fsp3) is 0.448. The summed E-state index contributed by atoms with van der Waals surface area (Å²) in [5.41, 5.74) is 1.44. The Kier molecular flexibility index (Phi) is 8.52. The number of amides is 1. The van der Waals surface area contributed by atoms with Gasteiger partial charge in [-0.25, -0.2) is 0 Å². The van der Waals surface area contributed by atoms with Crippen LogP contribution in [0.15, 0.2) is 55.1 Å². The summed E-state index contributed by atoms with van der Waals surface area (Å²) < 4.78 is 5.95. The molecule has 1 saturated carbocycles. The largest absolute Gasteiger partial charge is 0.508 e. The number of nitrogens with zero attached hydrogens (tertiary/aromatic N) is 2. The standard InChI is InChI=1S/C29H34Cl2N2O4/c1-4-11-33-12-10-29(21-6-5-7-23(35)15-21)17-22(16-27(24(29)18-33)37-19(2)34)32(3)28(36)14-20-8-9-25(30)26(31)13-20/h4-9,13,15,22,24,27,35H,1,10-12,14,16-18H2,2-3H3/t22-,24-,27?,29-/m0/s1. The fourth-order valence-electron chi connectivity index (χ4n) is 6.18. The Bertz CT molecular complexity index is 1170. The van der Waals surface area contributed by atoms with E-state index in [9.17, 15) is 14.7 Å². The molecule has 1 amide bonds. The lowest BCUT2D eigenvalue weighted by Crippen LogP contribution is -2.61. The third-order valence-corrected chi connectivity index (χ3v) is 8.74. The van der Waals surface area contributed by atoms with Crippen LogP contribution in [0, 0.1) is 5.92 Å². The molecule has 198 valence electrons. The van der Waals surface area contributed by atoms with Gasteiger partial charge in [-0.2, -0.15) is 0 Å². The molecule has 4 atom stereocenters. The Hall–Kier alpha value is -2.54. The van der Waals surface area contributed by atoms with Gasteiger partial charge in [0, 0.05) is 50.9 Å². The van der Waals surface area contributed by atoms with E-state index in [1.807, 2.05) is 37.4 Å². The van der Waals surface area contributed by atoms with Gasteiger partial charge in [0.1, 0.15) is 11.9 Å². The molecule has 1 saturated heterocycles. The lowest BCUT2D eigenvalue weighted by atomic mass is 9.56. The molecular formula is C29H34Cl2N2O4. The predicted molar refractivity (Wildman–Crippen MR) is 146 cm³/mol. The summed E-state index contributed by atoms with van der Waals surface area (Å²) in [4.78, 5) is 29.7. The van der Waals surface area contributed by atoms with Crippen molar-refractivity contribution in [2.45, 2.75) is 50.2 Å². The molecule has 6 nitrogen and oxygen atoms in total. The highest BCUT2D eigenvalue weighted by Gasteiger charge is 2.54.